The summed E-state index contributed by atoms with van der Waals surface area (Å²) >= 11 is 0. The maximum Gasteiger partial charge on any atom is 0.647 e. The van der Waals surface area contributed by atoms with Gasteiger partial charge in [-0.15, -0.1) is 0 Å². The van der Waals surface area contributed by atoms with Gasteiger partial charge < -0.3 is 13.6 Å². The molecule has 32 heavy (non-hydrogen) atoms. The predicted octanol–water partition coefficient (Wildman–Crippen LogP) is 8.70. The van der Waals surface area contributed by atoms with E-state index >= 15 is 0 Å². The van der Waals surface area contributed by atoms with E-state index in [-0.39, 0.29) is 0 Å². The van der Waals surface area contributed by atoms with Crippen LogP contribution in [-0.2, 0) is 4.57 Å². The lowest BCUT2D eigenvalue weighted by Gasteiger charge is -2.20. The first-order valence-corrected chi connectivity index (χ1v) is 12.6. The van der Waals surface area contributed by atoms with Crippen LogP contribution >= 0.6 is 7.82 Å². The van der Waals surface area contributed by atoms with Crippen molar-refractivity contribution in [2.24, 2.45) is 0 Å². The van der Waals surface area contributed by atoms with Crippen molar-refractivity contribution in [3.05, 3.63) is 89.5 Å². The standard InChI is InChI=1S/C27H33O4P/c1-19(2)22-7-13-25(14-8-22)29-32(28,30-26-15-9-23(10-16-26)20(3)4)31-27-17-11-24(12-18-27)21(5)6/h7-21H,1-6H3. The van der Waals surface area contributed by atoms with Crippen LogP contribution < -0.4 is 13.6 Å². The molecule has 4 nitrogen and oxygen atoms in total. The first kappa shape index (κ1) is 23.9. The third kappa shape index (κ3) is 6.40. The van der Waals surface area contributed by atoms with E-state index in [1.54, 1.807) is 36.4 Å². The molecule has 3 aromatic carbocycles. The Bertz CT molecular complexity index is 900. The van der Waals surface area contributed by atoms with Crippen LogP contribution in [0, 0.1) is 0 Å². The van der Waals surface area contributed by atoms with E-state index in [2.05, 4.69) is 41.5 Å². The Balaban J connectivity index is 1.87. The quantitative estimate of drug-likeness (QED) is 0.305. The molecule has 0 aromatic heterocycles. The van der Waals surface area contributed by atoms with Crippen molar-refractivity contribution in [2.45, 2.75) is 59.3 Å². The molecule has 170 valence electrons. The number of phosphoric acid groups is 1. The van der Waals surface area contributed by atoms with Gasteiger partial charge in [0, 0.05) is 0 Å². The van der Waals surface area contributed by atoms with E-state index in [4.69, 9.17) is 13.6 Å². The highest BCUT2D eigenvalue weighted by Crippen LogP contribution is 2.50. The fourth-order valence-electron chi connectivity index (χ4n) is 3.18. The van der Waals surface area contributed by atoms with Crippen molar-refractivity contribution in [2.75, 3.05) is 0 Å². The molecule has 0 aliphatic rings. The lowest BCUT2D eigenvalue weighted by molar-refractivity contribution is 0.298. The van der Waals surface area contributed by atoms with Gasteiger partial charge in [-0.2, -0.15) is 4.57 Å². The van der Waals surface area contributed by atoms with Crippen molar-refractivity contribution < 1.29 is 18.1 Å². The van der Waals surface area contributed by atoms with Gasteiger partial charge in [0.2, 0.25) is 0 Å². The van der Waals surface area contributed by atoms with E-state index in [0.29, 0.717) is 35.0 Å². The molecule has 0 fully saturated rings. The molecular formula is C27H33O4P. The monoisotopic (exact) mass is 452 g/mol. The molecule has 0 atom stereocenters. The second-order valence-corrected chi connectivity index (χ2v) is 10.3. The molecule has 0 aliphatic carbocycles. The van der Waals surface area contributed by atoms with Crippen molar-refractivity contribution >= 4 is 7.82 Å². The summed E-state index contributed by atoms with van der Waals surface area (Å²) in [5.74, 6) is 2.45. The lowest BCUT2D eigenvalue weighted by Crippen LogP contribution is -2.08. The molecule has 0 saturated carbocycles. The van der Waals surface area contributed by atoms with E-state index in [1.807, 2.05) is 36.4 Å². The Morgan fingerprint density at radius 3 is 0.875 bits per heavy atom. The maximum absolute atomic E-state index is 13.7. The van der Waals surface area contributed by atoms with Crippen LogP contribution in [0.15, 0.2) is 72.8 Å². The normalized spacial score (nSPS) is 11.8. The van der Waals surface area contributed by atoms with Crippen LogP contribution in [0.4, 0.5) is 0 Å². The average molecular weight is 453 g/mol. The second kappa shape index (κ2) is 10.3. The zero-order valence-corrected chi connectivity index (χ0v) is 20.6. The van der Waals surface area contributed by atoms with Crippen molar-refractivity contribution in [1.82, 2.24) is 0 Å². The first-order chi connectivity index (χ1) is 15.1. The predicted molar refractivity (Wildman–Crippen MR) is 131 cm³/mol. The number of rotatable bonds is 9. The largest absolute Gasteiger partial charge is 0.647 e. The number of benzene rings is 3. The third-order valence-corrected chi connectivity index (χ3v) is 6.60. The van der Waals surface area contributed by atoms with Crippen molar-refractivity contribution in [3.63, 3.8) is 0 Å². The van der Waals surface area contributed by atoms with Crippen LogP contribution in [0.25, 0.3) is 0 Å². The summed E-state index contributed by atoms with van der Waals surface area (Å²) in [6, 6.07) is 22.5. The fourth-order valence-corrected chi connectivity index (χ4v) is 4.44. The molecule has 0 unspecified atom stereocenters. The zero-order valence-electron chi connectivity index (χ0n) is 19.7. The highest BCUT2D eigenvalue weighted by atomic mass is 31.2. The smallest absolute Gasteiger partial charge is 0.386 e. The van der Waals surface area contributed by atoms with Crippen molar-refractivity contribution in [1.29, 1.82) is 0 Å². The minimum absolute atomic E-state index is 0.391. The number of hydrogen-bond donors (Lipinski definition) is 0. The molecule has 0 N–H and O–H groups in total. The minimum atomic E-state index is -4.00. The highest BCUT2D eigenvalue weighted by molar-refractivity contribution is 7.49. The van der Waals surface area contributed by atoms with Gasteiger partial charge in [-0.3, -0.25) is 0 Å². The third-order valence-electron chi connectivity index (χ3n) is 5.29. The highest BCUT2D eigenvalue weighted by Gasteiger charge is 2.33. The van der Waals surface area contributed by atoms with Gasteiger partial charge in [0.15, 0.2) is 0 Å². The Labute approximate surface area is 192 Å². The van der Waals surface area contributed by atoms with Gasteiger partial charge in [0.25, 0.3) is 0 Å². The van der Waals surface area contributed by atoms with Gasteiger partial charge in [0.05, 0.1) is 0 Å². The van der Waals surface area contributed by atoms with Gasteiger partial charge in [-0.1, -0.05) is 77.9 Å². The average Bonchev–Trinajstić information content (AvgIpc) is 2.74. The van der Waals surface area contributed by atoms with Crippen LogP contribution in [-0.4, -0.2) is 0 Å². The van der Waals surface area contributed by atoms with Crippen molar-refractivity contribution in [3.8, 4) is 17.2 Å². The van der Waals surface area contributed by atoms with E-state index in [9.17, 15) is 4.57 Å². The van der Waals surface area contributed by atoms with E-state index < -0.39 is 7.82 Å². The van der Waals surface area contributed by atoms with E-state index in [0.717, 1.165) is 0 Å². The van der Waals surface area contributed by atoms with Gasteiger partial charge in [-0.25, -0.2) is 0 Å². The molecule has 3 aromatic rings. The summed E-state index contributed by atoms with van der Waals surface area (Å²) in [5.41, 5.74) is 3.51. The van der Waals surface area contributed by atoms with Gasteiger partial charge in [0.1, 0.15) is 17.2 Å². The second-order valence-electron chi connectivity index (χ2n) is 8.89. The Morgan fingerprint density at radius 1 is 0.469 bits per heavy atom. The molecule has 0 heterocycles. The topological polar surface area (TPSA) is 44.8 Å². The molecule has 3 rings (SSSR count). The summed E-state index contributed by atoms with van der Waals surface area (Å²) in [5, 5.41) is 0. The molecule has 0 saturated heterocycles. The van der Waals surface area contributed by atoms with Gasteiger partial charge >= 0.3 is 7.82 Å². The van der Waals surface area contributed by atoms with E-state index in [1.165, 1.54) is 16.7 Å². The first-order valence-electron chi connectivity index (χ1n) is 11.1. The molecular weight excluding hydrogens is 419 g/mol. The zero-order chi connectivity index (χ0) is 23.3. The maximum atomic E-state index is 13.7. The molecule has 0 amide bonds. The van der Waals surface area contributed by atoms with Gasteiger partial charge in [-0.05, 0) is 70.8 Å². The summed E-state index contributed by atoms with van der Waals surface area (Å²) in [7, 11) is -4.00. The summed E-state index contributed by atoms with van der Waals surface area (Å²) < 4.78 is 31.1. The number of hydrogen-bond acceptors (Lipinski definition) is 4. The Morgan fingerprint density at radius 2 is 0.688 bits per heavy atom. The number of phosphoric ester groups is 1. The Kier molecular flexibility index (Phi) is 7.69. The molecule has 0 radical (unpaired) electrons. The van der Waals surface area contributed by atoms with Crippen LogP contribution in [0.2, 0.25) is 0 Å². The van der Waals surface area contributed by atoms with Crippen LogP contribution in [0.3, 0.4) is 0 Å². The Hall–Kier alpha value is -2.71. The minimum Gasteiger partial charge on any atom is -0.386 e. The van der Waals surface area contributed by atoms with Crippen LogP contribution in [0.5, 0.6) is 17.2 Å². The lowest BCUT2D eigenvalue weighted by atomic mass is 10.0. The SMILES string of the molecule is CC(C)c1ccc(OP(=O)(Oc2ccc(C(C)C)cc2)Oc2ccc(C(C)C)cc2)cc1. The fraction of sp³-hybridized carbons (Fsp3) is 0.333. The summed E-state index contributed by atoms with van der Waals surface area (Å²) in [4.78, 5) is 0. The molecule has 0 spiro atoms. The summed E-state index contributed by atoms with van der Waals surface area (Å²) in [6.07, 6.45) is 0. The molecule has 5 heteroatoms. The molecule has 0 aliphatic heterocycles. The summed E-state index contributed by atoms with van der Waals surface area (Å²) in [6.45, 7) is 12.7. The molecule has 0 bridgehead atoms. The van der Waals surface area contributed by atoms with Crippen LogP contribution in [0.1, 0.15) is 76.0 Å².